The van der Waals surface area contributed by atoms with Gasteiger partial charge in [-0.05, 0) is 50.9 Å². The third-order valence-corrected chi connectivity index (χ3v) is 7.77. The highest BCUT2D eigenvalue weighted by molar-refractivity contribution is 7.89. The monoisotopic (exact) mass is 486 g/mol. The normalized spacial score (nSPS) is 18.4. The number of amides is 2. The zero-order valence-corrected chi connectivity index (χ0v) is 20.9. The number of carbonyl (C=O) groups is 2. The molecule has 2 atom stereocenters. The minimum atomic E-state index is -3.63. The van der Waals surface area contributed by atoms with E-state index in [9.17, 15) is 18.0 Å². The molecule has 2 rings (SSSR count). The van der Waals surface area contributed by atoms with Gasteiger partial charge in [-0.1, -0.05) is 24.9 Å². The molecule has 2 N–H and O–H groups in total. The largest absolute Gasteiger partial charge is 0.353 e. The van der Waals surface area contributed by atoms with E-state index in [1.807, 2.05) is 6.92 Å². The van der Waals surface area contributed by atoms with Crippen LogP contribution < -0.4 is 10.6 Å². The molecular formula is C22H35ClN4O4S. The number of nitrogens with zero attached hydrogens (tertiary/aromatic N) is 2. The lowest BCUT2D eigenvalue weighted by atomic mass is 9.96. The van der Waals surface area contributed by atoms with Crippen molar-refractivity contribution in [2.45, 2.75) is 56.9 Å². The number of rotatable bonds is 10. The smallest absolute Gasteiger partial charge is 0.242 e. The summed E-state index contributed by atoms with van der Waals surface area (Å²) in [6, 6.07) is 4.41. The van der Waals surface area contributed by atoms with Gasteiger partial charge in [-0.3, -0.25) is 9.59 Å². The van der Waals surface area contributed by atoms with Crippen LogP contribution >= 0.6 is 11.6 Å². The number of likely N-dealkylation sites (tertiary alicyclic amines) is 1. The first-order valence-corrected chi connectivity index (χ1v) is 12.9. The van der Waals surface area contributed by atoms with Crippen molar-refractivity contribution in [3.8, 4) is 0 Å². The van der Waals surface area contributed by atoms with E-state index in [4.69, 9.17) is 11.6 Å². The fraction of sp³-hybridized carbons (Fsp3) is 0.636. The van der Waals surface area contributed by atoms with Crippen LogP contribution in [-0.4, -0.2) is 69.2 Å². The van der Waals surface area contributed by atoms with Gasteiger partial charge in [-0.25, -0.2) is 12.7 Å². The summed E-state index contributed by atoms with van der Waals surface area (Å²) in [4.78, 5) is 27.2. The van der Waals surface area contributed by atoms with E-state index in [0.29, 0.717) is 13.1 Å². The number of sulfonamides is 1. The van der Waals surface area contributed by atoms with Crippen LogP contribution in [0.1, 0.15) is 46.0 Å². The molecule has 0 unspecified atom stereocenters. The van der Waals surface area contributed by atoms with Crippen LogP contribution in [0.25, 0.3) is 0 Å². The Balaban J connectivity index is 1.91. The zero-order valence-electron chi connectivity index (χ0n) is 19.4. The highest BCUT2D eigenvalue weighted by Gasteiger charge is 2.26. The lowest BCUT2D eigenvalue weighted by Gasteiger charge is -2.32. The van der Waals surface area contributed by atoms with Crippen molar-refractivity contribution in [2.75, 3.05) is 39.0 Å². The number of halogens is 1. The van der Waals surface area contributed by atoms with Gasteiger partial charge in [-0.2, -0.15) is 0 Å². The second kappa shape index (κ2) is 12.0. The molecule has 0 radical (unpaired) electrons. The first-order chi connectivity index (χ1) is 15.0. The van der Waals surface area contributed by atoms with E-state index in [-0.39, 0.29) is 45.8 Å². The van der Waals surface area contributed by atoms with Gasteiger partial charge in [-0.15, -0.1) is 0 Å². The molecule has 0 bridgehead atoms. The van der Waals surface area contributed by atoms with E-state index in [0.717, 1.165) is 36.5 Å². The van der Waals surface area contributed by atoms with Crippen molar-refractivity contribution in [2.24, 2.45) is 5.92 Å². The van der Waals surface area contributed by atoms with Gasteiger partial charge in [0.1, 0.15) is 0 Å². The summed E-state index contributed by atoms with van der Waals surface area (Å²) in [5, 5.41) is 6.07. The van der Waals surface area contributed by atoms with Crippen molar-refractivity contribution >= 4 is 39.1 Å². The van der Waals surface area contributed by atoms with Crippen molar-refractivity contribution in [1.82, 2.24) is 14.5 Å². The molecule has 1 saturated heterocycles. The number of nitrogens with one attached hydrogen (secondary N) is 2. The number of piperidine rings is 1. The maximum absolute atomic E-state index is 12.5. The molecule has 8 nitrogen and oxygen atoms in total. The topological polar surface area (TPSA) is 98.8 Å². The second-order valence-corrected chi connectivity index (χ2v) is 11.1. The maximum Gasteiger partial charge on any atom is 0.242 e. The third-order valence-electron chi connectivity index (χ3n) is 5.63. The number of benzene rings is 1. The van der Waals surface area contributed by atoms with Gasteiger partial charge in [0.05, 0.1) is 21.5 Å². The lowest BCUT2D eigenvalue weighted by Crippen LogP contribution is -2.45. The molecule has 10 heteroatoms. The van der Waals surface area contributed by atoms with Gasteiger partial charge in [0.25, 0.3) is 0 Å². The van der Waals surface area contributed by atoms with Crippen LogP contribution in [0.2, 0.25) is 5.02 Å². The Morgan fingerprint density at radius 1 is 1.31 bits per heavy atom. The van der Waals surface area contributed by atoms with Crippen molar-refractivity contribution in [3.05, 3.63) is 23.2 Å². The Morgan fingerprint density at radius 3 is 2.69 bits per heavy atom. The standard InChI is InChI=1S/C22H35ClN4O4S/c1-5-7-16(2)24-22(29)17-8-6-12-27(15-17)13-11-21(28)25-20-14-18(9-10-19(20)23)32(30,31)26(3)4/h9-10,14,16-17H,5-8,11-13,15H2,1-4H3,(H,24,29)(H,25,28)/t16-,17+/m1/s1. The van der Waals surface area contributed by atoms with Crippen LogP contribution in [0.15, 0.2) is 23.1 Å². The van der Waals surface area contributed by atoms with E-state index >= 15 is 0 Å². The predicted octanol–water partition coefficient (Wildman–Crippen LogP) is 2.94. The van der Waals surface area contributed by atoms with Crippen LogP contribution in [0.4, 0.5) is 5.69 Å². The molecule has 180 valence electrons. The first kappa shape index (κ1) is 26.6. The van der Waals surface area contributed by atoms with Gasteiger partial charge < -0.3 is 15.5 Å². The summed E-state index contributed by atoms with van der Waals surface area (Å²) in [5.74, 6) is -0.228. The second-order valence-electron chi connectivity index (χ2n) is 8.57. The van der Waals surface area contributed by atoms with E-state index < -0.39 is 10.0 Å². The number of hydrogen-bond acceptors (Lipinski definition) is 5. The molecule has 1 aromatic carbocycles. The minimum absolute atomic E-state index is 0.0596. The molecule has 1 aliphatic rings. The first-order valence-electron chi connectivity index (χ1n) is 11.1. The average molecular weight is 487 g/mol. The molecule has 1 aromatic rings. The zero-order chi connectivity index (χ0) is 23.9. The van der Waals surface area contributed by atoms with Gasteiger partial charge in [0.2, 0.25) is 21.8 Å². The third kappa shape index (κ3) is 7.43. The van der Waals surface area contributed by atoms with Gasteiger partial charge >= 0.3 is 0 Å². The summed E-state index contributed by atoms with van der Waals surface area (Å²) in [5.41, 5.74) is 0.264. The number of anilines is 1. The highest BCUT2D eigenvalue weighted by atomic mass is 35.5. The fourth-order valence-electron chi connectivity index (χ4n) is 3.78. The Kier molecular flexibility index (Phi) is 9.94. The lowest BCUT2D eigenvalue weighted by molar-refractivity contribution is -0.127. The fourth-order valence-corrected chi connectivity index (χ4v) is 4.88. The number of carbonyl (C=O) groups excluding carboxylic acids is 2. The molecule has 1 heterocycles. The molecule has 1 fully saturated rings. The Morgan fingerprint density at radius 2 is 2.03 bits per heavy atom. The molecule has 0 aliphatic carbocycles. The van der Waals surface area contributed by atoms with Crippen molar-refractivity contribution < 1.29 is 18.0 Å². The molecule has 0 saturated carbocycles. The molecule has 0 spiro atoms. The van der Waals surface area contributed by atoms with Crippen LogP contribution in [0.5, 0.6) is 0 Å². The molecule has 2 amide bonds. The summed E-state index contributed by atoms with van der Waals surface area (Å²) in [6.07, 6.45) is 3.99. The van der Waals surface area contributed by atoms with Crippen molar-refractivity contribution in [1.29, 1.82) is 0 Å². The molecule has 0 aromatic heterocycles. The quantitative estimate of drug-likeness (QED) is 0.529. The number of hydrogen-bond donors (Lipinski definition) is 2. The Hall–Kier alpha value is -1.68. The molecule has 1 aliphatic heterocycles. The van der Waals surface area contributed by atoms with E-state index in [1.54, 1.807) is 0 Å². The van der Waals surface area contributed by atoms with E-state index in [2.05, 4.69) is 22.5 Å². The molecular weight excluding hydrogens is 452 g/mol. The summed E-state index contributed by atoms with van der Waals surface area (Å²) < 4.78 is 25.8. The minimum Gasteiger partial charge on any atom is -0.353 e. The average Bonchev–Trinajstić information content (AvgIpc) is 2.74. The van der Waals surface area contributed by atoms with Gasteiger partial charge in [0.15, 0.2) is 0 Å². The maximum atomic E-state index is 12.5. The Bertz CT molecular complexity index is 907. The van der Waals surface area contributed by atoms with Crippen LogP contribution in [-0.2, 0) is 19.6 Å². The van der Waals surface area contributed by atoms with Crippen LogP contribution in [0.3, 0.4) is 0 Å². The predicted molar refractivity (Wildman–Crippen MR) is 127 cm³/mol. The van der Waals surface area contributed by atoms with E-state index in [1.165, 1.54) is 32.3 Å². The summed E-state index contributed by atoms with van der Waals surface area (Å²) >= 11 is 6.16. The van der Waals surface area contributed by atoms with Crippen LogP contribution in [0, 0.1) is 5.92 Å². The summed E-state index contributed by atoms with van der Waals surface area (Å²) in [6.45, 7) is 6.12. The highest BCUT2D eigenvalue weighted by Crippen LogP contribution is 2.26. The SMILES string of the molecule is CCC[C@@H](C)NC(=O)[C@H]1CCCN(CCC(=O)Nc2cc(S(=O)(=O)N(C)C)ccc2Cl)C1. The molecule has 32 heavy (non-hydrogen) atoms. The Labute approximate surface area is 196 Å². The van der Waals surface area contributed by atoms with Crippen molar-refractivity contribution in [3.63, 3.8) is 0 Å². The van der Waals surface area contributed by atoms with Gasteiger partial charge in [0, 0.05) is 39.6 Å². The summed E-state index contributed by atoms with van der Waals surface area (Å²) in [7, 11) is -0.744.